The van der Waals surface area contributed by atoms with Crippen LogP contribution in [-0.4, -0.2) is 75.6 Å². The predicted octanol–water partition coefficient (Wildman–Crippen LogP) is -0.928. The number of Topliss-reactive ketones (excluding diaryl/α,β-unsaturated/α-hetero) is 1. The van der Waals surface area contributed by atoms with Gasteiger partial charge in [-0.1, -0.05) is 25.6 Å². The number of carboxylic acids is 1. The number of thioether (sulfide) groups is 1. The molecular formula is C17H28N2O8S. The number of carboxylic acid groups (broad SMARTS) is 1. The zero-order valence-corrected chi connectivity index (χ0v) is 16.8. The summed E-state index contributed by atoms with van der Waals surface area (Å²) in [6.07, 6.45) is -2.26. The van der Waals surface area contributed by atoms with Gasteiger partial charge in [0, 0.05) is 37.1 Å². The summed E-state index contributed by atoms with van der Waals surface area (Å²) in [7, 11) is 0. The molecule has 0 aromatic rings. The van der Waals surface area contributed by atoms with Crippen molar-refractivity contribution in [3.63, 3.8) is 0 Å². The minimum absolute atomic E-state index is 0.00733. The molecule has 28 heavy (non-hydrogen) atoms. The van der Waals surface area contributed by atoms with Gasteiger partial charge in [-0.15, -0.1) is 0 Å². The van der Waals surface area contributed by atoms with E-state index in [4.69, 9.17) is 10.2 Å². The van der Waals surface area contributed by atoms with Gasteiger partial charge >= 0.3 is 5.97 Å². The maximum absolute atomic E-state index is 11.7. The summed E-state index contributed by atoms with van der Waals surface area (Å²) in [5.41, 5.74) is -0.995. The normalized spacial score (nSPS) is 12.1. The number of carbonyl (C=O) groups is 5. The van der Waals surface area contributed by atoms with Crippen molar-refractivity contribution < 1.29 is 39.3 Å². The lowest BCUT2D eigenvalue weighted by molar-refractivity contribution is -0.139. The zero-order chi connectivity index (χ0) is 21.7. The number of rotatable bonds is 14. The molecule has 2 amide bonds. The van der Waals surface area contributed by atoms with Crippen molar-refractivity contribution in [2.45, 2.75) is 45.6 Å². The highest BCUT2D eigenvalue weighted by atomic mass is 32.2. The molecule has 0 fully saturated rings. The summed E-state index contributed by atoms with van der Waals surface area (Å²) in [6, 6.07) is 0. The molecule has 0 heterocycles. The molecule has 0 aliphatic heterocycles. The second-order valence-electron chi connectivity index (χ2n) is 6.77. The van der Waals surface area contributed by atoms with E-state index in [0.717, 1.165) is 11.8 Å². The molecule has 0 spiro atoms. The molecular weight excluding hydrogens is 392 g/mol. The van der Waals surface area contributed by atoms with Gasteiger partial charge in [0.2, 0.25) is 11.8 Å². The lowest BCUT2D eigenvalue weighted by Gasteiger charge is -2.27. The van der Waals surface area contributed by atoms with E-state index in [0.29, 0.717) is 0 Å². The highest BCUT2D eigenvalue weighted by molar-refractivity contribution is 8.13. The van der Waals surface area contributed by atoms with Gasteiger partial charge in [0.1, 0.15) is 11.9 Å². The maximum atomic E-state index is 11.7. The largest absolute Gasteiger partial charge is 0.481 e. The smallest absolute Gasteiger partial charge is 0.303 e. The van der Waals surface area contributed by atoms with Gasteiger partial charge in [0.25, 0.3) is 0 Å². The Morgan fingerprint density at radius 2 is 1.64 bits per heavy atom. The molecule has 0 radical (unpaired) electrons. The van der Waals surface area contributed by atoms with Crippen LogP contribution in [0, 0.1) is 5.41 Å². The molecule has 10 nitrogen and oxygen atoms in total. The molecule has 0 saturated heterocycles. The van der Waals surface area contributed by atoms with Crippen molar-refractivity contribution in [2.24, 2.45) is 5.41 Å². The number of hydrogen-bond donors (Lipinski definition) is 5. The number of aliphatic hydroxyl groups excluding tert-OH is 2. The van der Waals surface area contributed by atoms with Gasteiger partial charge in [-0.25, -0.2) is 0 Å². The number of nitrogens with one attached hydrogen (secondary N) is 2. The predicted molar refractivity (Wildman–Crippen MR) is 101 cm³/mol. The van der Waals surface area contributed by atoms with Crippen molar-refractivity contribution >= 4 is 40.4 Å². The lowest BCUT2D eigenvalue weighted by Crippen LogP contribution is -2.46. The first kappa shape index (κ1) is 26.0. The molecule has 0 bridgehead atoms. The van der Waals surface area contributed by atoms with E-state index in [1.807, 2.05) is 0 Å². The van der Waals surface area contributed by atoms with Crippen molar-refractivity contribution in [3.8, 4) is 0 Å². The molecule has 160 valence electrons. The van der Waals surface area contributed by atoms with Crippen LogP contribution in [0.25, 0.3) is 0 Å². The van der Waals surface area contributed by atoms with Gasteiger partial charge in [-0.3, -0.25) is 24.0 Å². The van der Waals surface area contributed by atoms with Crippen LogP contribution in [0.4, 0.5) is 0 Å². The van der Waals surface area contributed by atoms with Crippen LogP contribution in [0.3, 0.4) is 0 Å². The average molecular weight is 420 g/mol. The molecule has 0 aliphatic carbocycles. The Hall–Kier alpha value is -1.98. The van der Waals surface area contributed by atoms with Crippen LogP contribution in [0.5, 0.6) is 0 Å². The Morgan fingerprint density at radius 3 is 2.21 bits per heavy atom. The zero-order valence-electron chi connectivity index (χ0n) is 16.0. The van der Waals surface area contributed by atoms with E-state index in [1.165, 1.54) is 13.8 Å². The number of carbonyl (C=O) groups excluding carboxylic acids is 4. The third kappa shape index (κ3) is 11.7. The fourth-order valence-electron chi connectivity index (χ4n) is 1.83. The van der Waals surface area contributed by atoms with Gasteiger partial charge in [-0.05, 0) is 0 Å². The Kier molecular flexibility index (Phi) is 12.3. The number of aliphatic hydroxyl groups is 2. The first-order chi connectivity index (χ1) is 13.0. The van der Waals surface area contributed by atoms with Gasteiger partial charge in [0.05, 0.1) is 19.4 Å². The van der Waals surface area contributed by atoms with Crippen LogP contribution in [0.2, 0.25) is 0 Å². The monoisotopic (exact) mass is 420 g/mol. The fourth-order valence-corrected chi connectivity index (χ4v) is 2.52. The Morgan fingerprint density at radius 1 is 1.00 bits per heavy atom. The summed E-state index contributed by atoms with van der Waals surface area (Å²) in [6.45, 7) is 2.88. The lowest BCUT2D eigenvalue weighted by atomic mass is 9.87. The average Bonchev–Trinajstić information content (AvgIpc) is 2.62. The van der Waals surface area contributed by atoms with Crippen molar-refractivity contribution in [1.82, 2.24) is 10.6 Å². The minimum Gasteiger partial charge on any atom is -0.481 e. The quantitative estimate of drug-likeness (QED) is 0.176. The molecule has 0 rings (SSSR count). The molecule has 0 aromatic heterocycles. The third-order valence-corrected chi connectivity index (χ3v) is 4.57. The standard InChI is InChI=1S/C17H28N2O8S/c1-17(2,10-20)15(26)16(27)19-6-5-12(22)18-7-8-28-14(25)9-11(21)3-4-13(23)24/h15,20,26H,3-10H2,1-2H3,(H,18,22)(H,19,27)(H,23,24)/t15-/m0/s1. The first-order valence-electron chi connectivity index (χ1n) is 8.72. The Labute approximate surface area is 167 Å². The van der Waals surface area contributed by atoms with Gasteiger partial charge < -0.3 is 26.0 Å². The minimum atomic E-state index is -1.40. The van der Waals surface area contributed by atoms with Crippen LogP contribution in [0.15, 0.2) is 0 Å². The van der Waals surface area contributed by atoms with E-state index in [2.05, 4.69) is 10.6 Å². The van der Waals surface area contributed by atoms with Gasteiger partial charge in [-0.2, -0.15) is 0 Å². The molecule has 0 aliphatic rings. The van der Waals surface area contributed by atoms with Crippen LogP contribution in [-0.2, 0) is 24.0 Å². The number of aliphatic carboxylic acids is 1. The van der Waals surface area contributed by atoms with Gasteiger partial charge in [0.15, 0.2) is 5.12 Å². The molecule has 0 saturated carbocycles. The van der Waals surface area contributed by atoms with E-state index in [9.17, 15) is 29.1 Å². The third-order valence-electron chi connectivity index (χ3n) is 3.69. The molecule has 1 atom stereocenters. The topological polar surface area (TPSA) is 170 Å². The number of hydrogen-bond acceptors (Lipinski definition) is 8. The van der Waals surface area contributed by atoms with E-state index in [1.54, 1.807) is 0 Å². The number of amides is 2. The molecule has 0 aromatic carbocycles. The van der Waals surface area contributed by atoms with E-state index >= 15 is 0 Å². The second kappa shape index (κ2) is 13.2. The molecule has 5 N–H and O–H groups in total. The van der Waals surface area contributed by atoms with E-state index < -0.39 is 34.3 Å². The second-order valence-corrected chi connectivity index (χ2v) is 7.92. The maximum Gasteiger partial charge on any atom is 0.303 e. The highest BCUT2D eigenvalue weighted by Gasteiger charge is 2.32. The molecule has 11 heteroatoms. The Bertz CT molecular complexity index is 580. The number of ketones is 1. The Balaban J connectivity index is 3.88. The van der Waals surface area contributed by atoms with Crippen molar-refractivity contribution in [3.05, 3.63) is 0 Å². The SMILES string of the molecule is CC(C)(CO)[C@@H](O)C(=O)NCCC(=O)NCCSC(=O)CC(=O)CCC(=O)O. The summed E-state index contributed by atoms with van der Waals surface area (Å²) in [4.78, 5) is 56.6. The van der Waals surface area contributed by atoms with E-state index in [-0.39, 0.29) is 57.0 Å². The van der Waals surface area contributed by atoms with Crippen LogP contribution in [0.1, 0.15) is 39.5 Å². The van der Waals surface area contributed by atoms with Crippen LogP contribution < -0.4 is 10.6 Å². The van der Waals surface area contributed by atoms with Crippen molar-refractivity contribution in [2.75, 3.05) is 25.4 Å². The summed E-state index contributed by atoms with van der Waals surface area (Å²) >= 11 is 0.870. The highest BCUT2D eigenvalue weighted by Crippen LogP contribution is 2.19. The first-order valence-corrected chi connectivity index (χ1v) is 9.70. The van der Waals surface area contributed by atoms with Crippen molar-refractivity contribution in [1.29, 1.82) is 0 Å². The van der Waals surface area contributed by atoms with Crippen LogP contribution >= 0.6 is 11.8 Å². The summed E-state index contributed by atoms with van der Waals surface area (Å²) < 4.78 is 0. The fraction of sp³-hybridized carbons (Fsp3) is 0.706. The summed E-state index contributed by atoms with van der Waals surface area (Å²) in [5, 5.41) is 31.9. The summed E-state index contributed by atoms with van der Waals surface area (Å²) in [5.74, 6) is -2.32. The molecule has 0 unspecified atom stereocenters.